The van der Waals surface area contributed by atoms with Gasteiger partial charge in [-0.15, -0.1) is 0 Å². The second kappa shape index (κ2) is 10.9. The highest BCUT2D eigenvalue weighted by molar-refractivity contribution is 7.92. The van der Waals surface area contributed by atoms with Crippen molar-refractivity contribution in [3.63, 3.8) is 0 Å². The van der Waals surface area contributed by atoms with Gasteiger partial charge in [0.15, 0.2) is 0 Å². The number of rotatable bonds is 9. The maximum atomic E-state index is 13.5. The summed E-state index contributed by atoms with van der Waals surface area (Å²) in [6, 6.07) is 18.8. The fourth-order valence-electron chi connectivity index (χ4n) is 4.08. The van der Waals surface area contributed by atoms with Crippen molar-refractivity contribution in [2.45, 2.75) is 17.9 Å². The first-order chi connectivity index (χ1) is 16.5. The largest absolute Gasteiger partial charge is 0.379 e. The minimum absolute atomic E-state index is 0.00312. The minimum Gasteiger partial charge on any atom is -0.379 e. The van der Waals surface area contributed by atoms with Crippen LogP contribution in [0.4, 0.5) is 15.9 Å². The summed E-state index contributed by atoms with van der Waals surface area (Å²) in [4.78, 5) is 6.78. The number of ether oxygens (including phenoxy) is 1. The summed E-state index contributed by atoms with van der Waals surface area (Å²) in [6.45, 7) is 5.51. The number of nitrogens with one attached hydrogen (secondary N) is 1. The van der Waals surface area contributed by atoms with Crippen molar-refractivity contribution in [2.75, 3.05) is 49.0 Å². The van der Waals surface area contributed by atoms with Crippen LogP contribution in [0.25, 0.3) is 0 Å². The molecule has 1 aliphatic heterocycles. The van der Waals surface area contributed by atoms with Gasteiger partial charge in [0, 0.05) is 32.4 Å². The van der Waals surface area contributed by atoms with E-state index in [1.165, 1.54) is 22.6 Å². The van der Waals surface area contributed by atoms with Gasteiger partial charge in [-0.1, -0.05) is 30.3 Å². The Bertz CT molecular complexity index is 1150. The van der Waals surface area contributed by atoms with E-state index in [1.807, 2.05) is 18.2 Å². The summed E-state index contributed by atoms with van der Waals surface area (Å²) in [5.74, 6) is 0.301. The molecule has 1 aliphatic rings. The molecule has 2 heterocycles. The summed E-state index contributed by atoms with van der Waals surface area (Å²) in [7, 11) is -3.73. The lowest BCUT2D eigenvalue weighted by molar-refractivity contribution is 0.0187. The smallest absolute Gasteiger partial charge is 0.265 e. The van der Waals surface area contributed by atoms with E-state index in [2.05, 4.69) is 15.2 Å². The SMILES string of the molecule is CCN(c1ccccc1)S(=O)(=O)c1ccc(NCC(c2ccc(F)cc2)N2CCOCC2)nc1. The molecule has 4 rings (SSSR count). The van der Waals surface area contributed by atoms with Crippen molar-refractivity contribution >= 4 is 21.5 Å². The van der Waals surface area contributed by atoms with Crippen LogP contribution in [-0.4, -0.2) is 57.7 Å². The molecule has 1 N–H and O–H groups in total. The number of nitrogens with zero attached hydrogens (tertiary/aromatic N) is 3. The van der Waals surface area contributed by atoms with Crippen molar-refractivity contribution in [1.29, 1.82) is 0 Å². The van der Waals surface area contributed by atoms with Crippen LogP contribution in [0.2, 0.25) is 0 Å². The molecule has 1 fully saturated rings. The van der Waals surface area contributed by atoms with Crippen molar-refractivity contribution < 1.29 is 17.5 Å². The Morgan fingerprint density at radius 2 is 1.76 bits per heavy atom. The monoisotopic (exact) mass is 484 g/mol. The van der Waals surface area contributed by atoms with Gasteiger partial charge in [0.1, 0.15) is 16.5 Å². The van der Waals surface area contributed by atoms with E-state index in [9.17, 15) is 12.8 Å². The van der Waals surface area contributed by atoms with E-state index in [0.29, 0.717) is 37.8 Å². The highest BCUT2D eigenvalue weighted by Gasteiger charge is 2.25. The van der Waals surface area contributed by atoms with Gasteiger partial charge < -0.3 is 10.1 Å². The lowest BCUT2D eigenvalue weighted by atomic mass is 10.0. The number of benzene rings is 2. The van der Waals surface area contributed by atoms with Crippen LogP contribution in [0, 0.1) is 5.82 Å². The molecule has 1 atom stereocenters. The topological polar surface area (TPSA) is 74.8 Å². The van der Waals surface area contributed by atoms with Gasteiger partial charge in [0.05, 0.1) is 24.9 Å². The molecule has 7 nitrogen and oxygen atoms in total. The molecule has 0 amide bonds. The summed E-state index contributed by atoms with van der Waals surface area (Å²) in [6.07, 6.45) is 1.38. The predicted octanol–water partition coefficient (Wildman–Crippen LogP) is 3.92. The summed E-state index contributed by atoms with van der Waals surface area (Å²) in [5.41, 5.74) is 1.61. The number of hydrogen-bond acceptors (Lipinski definition) is 6. The van der Waals surface area contributed by atoms with Crippen LogP contribution in [0.5, 0.6) is 0 Å². The Kier molecular flexibility index (Phi) is 7.77. The zero-order valence-electron chi connectivity index (χ0n) is 19.1. The van der Waals surface area contributed by atoms with Crippen molar-refractivity contribution in [2.24, 2.45) is 0 Å². The highest BCUT2D eigenvalue weighted by atomic mass is 32.2. The zero-order valence-corrected chi connectivity index (χ0v) is 19.9. The molecule has 180 valence electrons. The summed E-state index contributed by atoms with van der Waals surface area (Å²) in [5, 5.41) is 3.31. The van der Waals surface area contributed by atoms with E-state index >= 15 is 0 Å². The van der Waals surface area contributed by atoms with Crippen molar-refractivity contribution in [3.8, 4) is 0 Å². The number of morpholine rings is 1. The number of pyridine rings is 1. The molecule has 0 aliphatic carbocycles. The van der Waals surface area contributed by atoms with E-state index < -0.39 is 10.0 Å². The summed E-state index contributed by atoms with van der Waals surface area (Å²) < 4.78 is 46.6. The average Bonchev–Trinajstić information content (AvgIpc) is 2.87. The molecule has 34 heavy (non-hydrogen) atoms. The minimum atomic E-state index is -3.73. The molecule has 0 bridgehead atoms. The fourth-order valence-corrected chi connectivity index (χ4v) is 5.50. The number of sulfonamides is 1. The van der Waals surface area contributed by atoms with Crippen molar-refractivity contribution in [1.82, 2.24) is 9.88 Å². The summed E-state index contributed by atoms with van der Waals surface area (Å²) >= 11 is 0. The molecule has 0 saturated carbocycles. The Morgan fingerprint density at radius 3 is 2.38 bits per heavy atom. The van der Waals surface area contributed by atoms with Gasteiger partial charge in [-0.3, -0.25) is 9.21 Å². The number of para-hydroxylation sites is 1. The molecule has 1 aromatic heterocycles. The molecule has 0 radical (unpaired) electrons. The first-order valence-corrected chi connectivity index (χ1v) is 12.8. The molecular weight excluding hydrogens is 455 g/mol. The van der Waals surface area contributed by atoms with E-state index in [1.54, 1.807) is 43.3 Å². The Morgan fingerprint density at radius 1 is 1.06 bits per heavy atom. The van der Waals surface area contributed by atoms with E-state index in [4.69, 9.17) is 4.74 Å². The Labute approximate surface area is 200 Å². The molecule has 1 saturated heterocycles. The maximum absolute atomic E-state index is 13.5. The molecule has 2 aromatic carbocycles. The first kappa shape index (κ1) is 24.1. The third-order valence-electron chi connectivity index (χ3n) is 5.87. The fraction of sp³-hybridized carbons (Fsp3) is 0.320. The van der Waals surface area contributed by atoms with E-state index in [-0.39, 0.29) is 16.8 Å². The molecule has 9 heteroatoms. The predicted molar refractivity (Wildman–Crippen MR) is 131 cm³/mol. The van der Waals surface area contributed by atoms with Crippen LogP contribution >= 0.6 is 0 Å². The second-order valence-corrected chi connectivity index (χ2v) is 9.84. The lowest BCUT2D eigenvalue weighted by Gasteiger charge is -2.35. The van der Waals surface area contributed by atoms with E-state index in [0.717, 1.165) is 18.7 Å². The Balaban J connectivity index is 1.49. The van der Waals surface area contributed by atoms with Crippen LogP contribution in [0.1, 0.15) is 18.5 Å². The Hall–Kier alpha value is -3.01. The van der Waals surface area contributed by atoms with Crippen LogP contribution in [0.3, 0.4) is 0 Å². The maximum Gasteiger partial charge on any atom is 0.265 e. The number of halogens is 1. The lowest BCUT2D eigenvalue weighted by Crippen LogP contribution is -2.41. The van der Waals surface area contributed by atoms with Gasteiger partial charge in [0.25, 0.3) is 10.0 Å². The second-order valence-electron chi connectivity index (χ2n) is 7.98. The average molecular weight is 485 g/mol. The van der Waals surface area contributed by atoms with Gasteiger partial charge in [-0.2, -0.15) is 0 Å². The quantitative estimate of drug-likeness (QED) is 0.496. The molecule has 0 spiro atoms. The zero-order chi connectivity index (χ0) is 24.0. The van der Waals surface area contributed by atoms with Crippen LogP contribution < -0.4 is 9.62 Å². The van der Waals surface area contributed by atoms with Gasteiger partial charge >= 0.3 is 0 Å². The molecule has 3 aromatic rings. The van der Waals surface area contributed by atoms with Gasteiger partial charge in [0.2, 0.25) is 0 Å². The number of anilines is 2. The normalized spacial score (nSPS) is 15.6. The standard InChI is InChI=1S/C25H29FN4O3S/c1-2-30(22-6-4-3-5-7-22)34(31,32)23-12-13-25(27-18-23)28-19-24(29-14-16-33-17-15-29)20-8-10-21(26)11-9-20/h3-13,18,24H,2,14-17,19H2,1H3,(H,27,28). The highest BCUT2D eigenvalue weighted by Crippen LogP contribution is 2.25. The van der Waals surface area contributed by atoms with Crippen molar-refractivity contribution in [3.05, 3.63) is 84.3 Å². The van der Waals surface area contributed by atoms with Gasteiger partial charge in [-0.25, -0.2) is 17.8 Å². The molecule has 1 unspecified atom stereocenters. The third-order valence-corrected chi connectivity index (χ3v) is 7.76. The number of aromatic nitrogens is 1. The third kappa shape index (κ3) is 5.55. The van der Waals surface area contributed by atoms with Crippen LogP contribution in [0.15, 0.2) is 77.8 Å². The number of hydrogen-bond donors (Lipinski definition) is 1. The van der Waals surface area contributed by atoms with Gasteiger partial charge in [-0.05, 0) is 48.9 Å². The van der Waals surface area contributed by atoms with Crippen LogP contribution in [-0.2, 0) is 14.8 Å². The molecular formula is C25H29FN4O3S. The first-order valence-electron chi connectivity index (χ1n) is 11.3.